The first kappa shape index (κ1) is 13.1. The standard InChI is InChI=1S/C14H25NO2/c1-2-14(12-16)5-7-15(8-6-14)10-13-4-3-9-17-11-13/h4,16H,2-3,5-12H2,1H3. The van der Waals surface area contributed by atoms with E-state index in [0.717, 1.165) is 58.5 Å². The van der Waals surface area contributed by atoms with E-state index in [1.54, 1.807) is 0 Å². The van der Waals surface area contributed by atoms with Gasteiger partial charge in [-0.05, 0) is 49.8 Å². The summed E-state index contributed by atoms with van der Waals surface area (Å²) in [7, 11) is 0. The van der Waals surface area contributed by atoms with Crippen LogP contribution in [0.2, 0.25) is 0 Å². The largest absolute Gasteiger partial charge is 0.396 e. The maximum Gasteiger partial charge on any atom is 0.0689 e. The van der Waals surface area contributed by atoms with E-state index in [1.807, 2.05) is 0 Å². The van der Waals surface area contributed by atoms with Gasteiger partial charge in [0.05, 0.1) is 13.2 Å². The average Bonchev–Trinajstić information content (AvgIpc) is 2.41. The summed E-state index contributed by atoms with van der Waals surface area (Å²) < 4.78 is 5.47. The third-order valence-corrected chi connectivity index (χ3v) is 4.41. The zero-order valence-corrected chi connectivity index (χ0v) is 11.0. The Kier molecular flexibility index (Phi) is 4.60. The van der Waals surface area contributed by atoms with Gasteiger partial charge in [-0.15, -0.1) is 0 Å². The molecule has 3 nitrogen and oxygen atoms in total. The Morgan fingerprint density at radius 1 is 1.41 bits per heavy atom. The lowest BCUT2D eigenvalue weighted by Crippen LogP contribution is -2.42. The monoisotopic (exact) mass is 239 g/mol. The molecule has 0 saturated carbocycles. The van der Waals surface area contributed by atoms with Crippen molar-refractivity contribution < 1.29 is 9.84 Å². The molecule has 2 aliphatic rings. The van der Waals surface area contributed by atoms with Crippen LogP contribution in [0.5, 0.6) is 0 Å². The van der Waals surface area contributed by atoms with Crippen molar-refractivity contribution in [2.75, 3.05) is 39.5 Å². The van der Waals surface area contributed by atoms with Crippen LogP contribution in [0.3, 0.4) is 0 Å². The molecule has 2 rings (SSSR count). The van der Waals surface area contributed by atoms with Crippen LogP contribution in [0.4, 0.5) is 0 Å². The molecular weight excluding hydrogens is 214 g/mol. The molecule has 1 N–H and O–H groups in total. The highest BCUT2D eigenvalue weighted by Gasteiger charge is 2.32. The fourth-order valence-corrected chi connectivity index (χ4v) is 2.81. The Bertz CT molecular complexity index is 261. The van der Waals surface area contributed by atoms with Crippen LogP contribution in [0.1, 0.15) is 32.6 Å². The van der Waals surface area contributed by atoms with Gasteiger partial charge in [-0.2, -0.15) is 0 Å². The van der Waals surface area contributed by atoms with Gasteiger partial charge in [-0.25, -0.2) is 0 Å². The molecule has 2 heterocycles. The Morgan fingerprint density at radius 2 is 2.18 bits per heavy atom. The van der Waals surface area contributed by atoms with Crippen LogP contribution in [0, 0.1) is 5.41 Å². The van der Waals surface area contributed by atoms with Gasteiger partial charge in [0.15, 0.2) is 0 Å². The first-order chi connectivity index (χ1) is 8.28. The molecule has 0 aromatic heterocycles. The van der Waals surface area contributed by atoms with Crippen LogP contribution >= 0.6 is 0 Å². The summed E-state index contributed by atoms with van der Waals surface area (Å²) in [5.41, 5.74) is 1.64. The van der Waals surface area contributed by atoms with E-state index in [4.69, 9.17) is 4.74 Å². The van der Waals surface area contributed by atoms with E-state index in [2.05, 4.69) is 17.9 Å². The summed E-state index contributed by atoms with van der Waals surface area (Å²) >= 11 is 0. The number of likely N-dealkylation sites (tertiary alicyclic amines) is 1. The number of rotatable bonds is 4. The SMILES string of the molecule is CCC1(CO)CCN(CC2=CCCOC2)CC1. The van der Waals surface area contributed by atoms with Crippen molar-refractivity contribution in [2.45, 2.75) is 32.6 Å². The molecule has 1 fully saturated rings. The molecular formula is C14H25NO2. The van der Waals surface area contributed by atoms with Gasteiger partial charge < -0.3 is 9.84 Å². The van der Waals surface area contributed by atoms with Crippen molar-refractivity contribution in [3.05, 3.63) is 11.6 Å². The minimum atomic E-state index is 0.202. The highest BCUT2D eigenvalue weighted by molar-refractivity contribution is 5.07. The van der Waals surface area contributed by atoms with Crippen LogP contribution in [-0.4, -0.2) is 49.5 Å². The minimum Gasteiger partial charge on any atom is -0.396 e. The lowest BCUT2D eigenvalue weighted by Gasteiger charge is -2.40. The maximum atomic E-state index is 9.50. The molecule has 0 amide bonds. The van der Waals surface area contributed by atoms with Crippen molar-refractivity contribution in [1.29, 1.82) is 0 Å². The number of hydrogen-bond acceptors (Lipinski definition) is 3. The van der Waals surface area contributed by atoms with Gasteiger partial charge >= 0.3 is 0 Å². The van der Waals surface area contributed by atoms with Gasteiger partial charge in [0.1, 0.15) is 0 Å². The molecule has 0 bridgehead atoms. The molecule has 1 saturated heterocycles. The van der Waals surface area contributed by atoms with Gasteiger partial charge in [-0.1, -0.05) is 13.0 Å². The molecule has 0 aromatic rings. The van der Waals surface area contributed by atoms with E-state index < -0.39 is 0 Å². The Labute approximate surface area is 104 Å². The summed E-state index contributed by atoms with van der Waals surface area (Å²) in [6.45, 7) is 7.54. The quantitative estimate of drug-likeness (QED) is 0.760. The second kappa shape index (κ2) is 5.98. The van der Waals surface area contributed by atoms with Crippen molar-refractivity contribution in [1.82, 2.24) is 4.90 Å². The maximum absolute atomic E-state index is 9.50. The molecule has 3 heteroatoms. The Balaban J connectivity index is 1.80. The van der Waals surface area contributed by atoms with Gasteiger partial charge in [0.2, 0.25) is 0 Å². The fraction of sp³-hybridized carbons (Fsp3) is 0.857. The Morgan fingerprint density at radius 3 is 2.71 bits per heavy atom. The first-order valence-corrected chi connectivity index (χ1v) is 6.87. The number of piperidine rings is 1. The summed E-state index contributed by atoms with van der Waals surface area (Å²) in [6.07, 6.45) is 6.77. The summed E-state index contributed by atoms with van der Waals surface area (Å²) in [6, 6.07) is 0. The molecule has 0 spiro atoms. The van der Waals surface area contributed by atoms with Crippen molar-refractivity contribution >= 4 is 0 Å². The van der Waals surface area contributed by atoms with E-state index in [9.17, 15) is 5.11 Å². The zero-order chi connectivity index (χ0) is 12.1. The minimum absolute atomic E-state index is 0.202. The second-order valence-corrected chi connectivity index (χ2v) is 5.49. The number of nitrogens with zero attached hydrogens (tertiary/aromatic N) is 1. The van der Waals surface area contributed by atoms with E-state index >= 15 is 0 Å². The molecule has 98 valence electrons. The van der Waals surface area contributed by atoms with E-state index in [-0.39, 0.29) is 5.41 Å². The third-order valence-electron chi connectivity index (χ3n) is 4.41. The zero-order valence-electron chi connectivity index (χ0n) is 11.0. The Hall–Kier alpha value is -0.380. The van der Waals surface area contributed by atoms with Gasteiger partial charge in [0, 0.05) is 13.2 Å². The second-order valence-electron chi connectivity index (χ2n) is 5.49. The molecule has 0 radical (unpaired) electrons. The van der Waals surface area contributed by atoms with Crippen molar-refractivity contribution in [3.63, 3.8) is 0 Å². The number of aliphatic hydroxyl groups is 1. The third kappa shape index (κ3) is 3.30. The lowest BCUT2D eigenvalue weighted by atomic mass is 9.77. The normalized spacial score (nSPS) is 25.6. The smallest absolute Gasteiger partial charge is 0.0689 e. The van der Waals surface area contributed by atoms with Gasteiger partial charge in [0.25, 0.3) is 0 Å². The molecule has 0 aromatic carbocycles. The molecule has 17 heavy (non-hydrogen) atoms. The number of hydrogen-bond donors (Lipinski definition) is 1. The van der Waals surface area contributed by atoms with Crippen LogP contribution in [0.15, 0.2) is 11.6 Å². The van der Waals surface area contributed by atoms with Gasteiger partial charge in [-0.3, -0.25) is 4.90 Å². The predicted molar refractivity (Wildman–Crippen MR) is 69.0 cm³/mol. The average molecular weight is 239 g/mol. The lowest BCUT2D eigenvalue weighted by molar-refractivity contribution is 0.0418. The van der Waals surface area contributed by atoms with Crippen molar-refractivity contribution in [2.24, 2.45) is 5.41 Å². The van der Waals surface area contributed by atoms with E-state index in [0.29, 0.717) is 6.61 Å². The van der Waals surface area contributed by atoms with Crippen molar-refractivity contribution in [3.8, 4) is 0 Å². The molecule has 0 atom stereocenters. The molecule has 0 aliphatic carbocycles. The predicted octanol–water partition coefficient (Wildman–Crippen LogP) is 1.82. The topological polar surface area (TPSA) is 32.7 Å². The van der Waals surface area contributed by atoms with Crippen LogP contribution in [-0.2, 0) is 4.74 Å². The fourth-order valence-electron chi connectivity index (χ4n) is 2.81. The first-order valence-electron chi connectivity index (χ1n) is 6.87. The highest BCUT2D eigenvalue weighted by atomic mass is 16.5. The molecule has 0 unspecified atom stereocenters. The molecule has 2 aliphatic heterocycles. The number of ether oxygens (including phenoxy) is 1. The van der Waals surface area contributed by atoms with Crippen LogP contribution < -0.4 is 0 Å². The summed E-state index contributed by atoms with van der Waals surface area (Å²) in [4.78, 5) is 2.50. The summed E-state index contributed by atoms with van der Waals surface area (Å²) in [5, 5.41) is 9.50. The number of aliphatic hydroxyl groups excluding tert-OH is 1. The summed E-state index contributed by atoms with van der Waals surface area (Å²) in [5.74, 6) is 0. The highest BCUT2D eigenvalue weighted by Crippen LogP contribution is 2.34. The van der Waals surface area contributed by atoms with E-state index in [1.165, 1.54) is 5.57 Å². The van der Waals surface area contributed by atoms with Crippen LogP contribution in [0.25, 0.3) is 0 Å².